The minimum absolute atomic E-state index is 0.129. The van der Waals surface area contributed by atoms with Gasteiger partial charge in [0.25, 0.3) is 0 Å². The van der Waals surface area contributed by atoms with Gasteiger partial charge in [0.05, 0.1) is 5.69 Å². The van der Waals surface area contributed by atoms with Gasteiger partial charge in [-0.25, -0.2) is 4.31 Å². The molecule has 1 N–H and O–H groups in total. The van der Waals surface area contributed by atoms with Gasteiger partial charge in [-0.3, -0.25) is 4.79 Å². The summed E-state index contributed by atoms with van der Waals surface area (Å²) in [5, 5.41) is 2.86. The number of amides is 1. The molecule has 2 rings (SSSR count). The summed E-state index contributed by atoms with van der Waals surface area (Å²) in [5.41, 5.74) is 3.36. The monoisotopic (exact) mass is 403 g/mol. The molecule has 1 atom stereocenters. The molecule has 0 radical (unpaired) electrons. The zero-order chi connectivity index (χ0) is 20.9. The highest BCUT2D eigenvalue weighted by Gasteiger charge is 2.28. The Bertz CT molecular complexity index is 912. The lowest BCUT2D eigenvalue weighted by Gasteiger charge is -2.28. The number of carbonyl (C=O) groups excluding carboxylic acids is 1. The lowest BCUT2D eigenvalue weighted by molar-refractivity contribution is -0.119. The fourth-order valence-corrected chi connectivity index (χ4v) is 3.95. The number of rotatable bonds is 8. The maximum Gasteiger partial charge on any atom is 0.304 e. The van der Waals surface area contributed by atoms with E-state index in [-0.39, 0.29) is 18.4 Å². The standard InChI is InChI=1S/C21H29N3O3S/c1-16-11-12-17(2)20(13-16)24(28(26,27)23(4)5)15-21(25)22-14-18(3)19-9-7-6-8-10-19/h6-13,18H,14-15H2,1-5H3,(H,22,25)/t18-/m1/s1. The Morgan fingerprint density at radius 2 is 1.71 bits per heavy atom. The van der Waals surface area contributed by atoms with Gasteiger partial charge in [-0.1, -0.05) is 49.4 Å². The van der Waals surface area contributed by atoms with Crippen molar-refractivity contribution in [1.29, 1.82) is 0 Å². The van der Waals surface area contributed by atoms with E-state index in [1.54, 1.807) is 6.07 Å². The normalized spacial score (nSPS) is 12.6. The second-order valence-electron chi connectivity index (χ2n) is 7.20. The summed E-state index contributed by atoms with van der Waals surface area (Å²) in [4.78, 5) is 12.6. The SMILES string of the molecule is Cc1ccc(C)c(N(CC(=O)NC[C@@H](C)c2ccccc2)S(=O)(=O)N(C)C)c1. The molecule has 2 aromatic rings. The number of carbonyl (C=O) groups is 1. The van der Waals surface area contributed by atoms with Crippen molar-refractivity contribution < 1.29 is 13.2 Å². The summed E-state index contributed by atoms with van der Waals surface area (Å²) < 4.78 is 28.0. The van der Waals surface area contributed by atoms with Crippen LogP contribution in [-0.4, -0.2) is 45.8 Å². The van der Waals surface area contributed by atoms with Crippen molar-refractivity contribution in [2.24, 2.45) is 0 Å². The first kappa shape index (κ1) is 21.9. The molecule has 0 saturated heterocycles. The Kier molecular flexibility index (Phi) is 7.21. The van der Waals surface area contributed by atoms with Gasteiger partial charge < -0.3 is 5.32 Å². The maximum atomic E-state index is 12.9. The molecule has 6 nitrogen and oxygen atoms in total. The molecule has 0 heterocycles. The third-order valence-corrected chi connectivity index (χ3v) is 6.44. The summed E-state index contributed by atoms with van der Waals surface area (Å²) in [6, 6.07) is 15.4. The zero-order valence-electron chi connectivity index (χ0n) is 17.1. The van der Waals surface area contributed by atoms with Crippen LogP contribution in [-0.2, 0) is 15.0 Å². The average molecular weight is 404 g/mol. The van der Waals surface area contributed by atoms with Crippen molar-refractivity contribution in [2.75, 3.05) is 31.5 Å². The fraction of sp³-hybridized carbons (Fsp3) is 0.381. The van der Waals surface area contributed by atoms with Crippen LogP contribution >= 0.6 is 0 Å². The molecule has 0 spiro atoms. The number of anilines is 1. The molecule has 0 unspecified atom stereocenters. The molecule has 28 heavy (non-hydrogen) atoms. The molecule has 0 bridgehead atoms. The Hall–Kier alpha value is -2.38. The van der Waals surface area contributed by atoms with Gasteiger partial charge in [0.15, 0.2) is 0 Å². The van der Waals surface area contributed by atoms with Crippen LogP contribution in [0.5, 0.6) is 0 Å². The van der Waals surface area contributed by atoms with E-state index in [0.717, 1.165) is 25.3 Å². The molecule has 1 amide bonds. The van der Waals surface area contributed by atoms with Gasteiger partial charge >= 0.3 is 10.2 Å². The molecule has 7 heteroatoms. The summed E-state index contributed by atoms with van der Waals surface area (Å²) in [6.07, 6.45) is 0. The average Bonchev–Trinajstić information content (AvgIpc) is 2.66. The summed E-state index contributed by atoms with van der Waals surface area (Å²) in [7, 11) is -0.889. The number of nitrogens with zero attached hydrogens (tertiary/aromatic N) is 2. The minimum Gasteiger partial charge on any atom is -0.354 e. The van der Waals surface area contributed by atoms with Crippen LogP contribution in [0, 0.1) is 13.8 Å². The quantitative estimate of drug-likeness (QED) is 0.737. The van der Waals surface area contributed by atoms with Crippen molar-refractivity contribution in [1.82, 2.24) is 9.62 Å². The van der Waals surface area contributed by atoms with Crippen molar-refractivity contribution >= 4 is 21.8 Å². The largest absolute Gasteiger partial charge is 0.354 e. The van der Waals surface area contributed by atoms with Crippen molar-refractivity contribution in [3.05, 3.63) is 65.2 Å². The molecule has 0 saturated carbocycles. The van der Waals surface area contributed by atoms with Crippen LogP contribution in [0.25, 0.3) is 0 Å². The summed E-state index contributed by atoms with van der Waals surface area (Å²) in [5.74, 6) is -0.209. The van der Waals surface area contributed by atoms with Crippen LogP contribution in [0.4, 0.5) is 5.69 Å². The number of benzene rings is 2. The van der Waals surface area contributed by atoms with Crippen molar-refractivity contribution in [3.8, 4) is 0 Å². The second kappa shape index (κ2) is 9.21. The van der Waals surface area contributed by atoms with Crippen LogP contribution in [0.2, 0.25) is 0 Å². The van der Waals surface area contributed by atoms with Gasteiger partial charge in [0.1, 0.15) is 6.54 Å². The van der Waals surface area contributed by atoms with Crippen LogP contribution in [0.3, 0.4) is 0 Å². The second-order valence-corrected chi connectivity index (χ2v) is 9.27. The van der Waals surface area contributed by atoms with Crippen LogP contribution in [0.15, 0.2) is 48.5 Å². The number of hydrogen-bond acceptors (Lipinski definition) is 3. The van der Waals surface area contributed by atoms with E-state index in [0.29, 0.717) is 12.2 Å². The van der Waals surface area contributed by atoms with Gasteiger partial charge in [0, 0.05) is 20.6 Å². The smallest absolute Gasteiger partial charge is 0.304 e. The topological polar surface area (TPSA) is 69.7 Å². The van der Waals surface area contributed by atoms with E-state index in [2.05, 4.69) is 5.32 Å². The predicted octanol–water partition coefficient (Wildman–Crippen LogP) is 2.84. The first-order valence-corrected chi connectivity index (χ1v) is 10.6. The lowest BCUT2D eigenvalue weighted by Crippen LogP contribution is -2.46. The summed E-state index contributed by atoms with van der Waals surface area (Å²) >= 11 is 0. The van der Waals surface area contributed by atoms with Crippen molar-refractivity contribution in [2.45, 2.75) is 26.7 Å². The highest BCUT2D eigenvalue weighted by Crippen LogP contribution is 2.25. The van der Waals surface area contributed by atoms with Gasteiger partial charge in [-0.2, -0.15) is 12.7 Å². The van der Waals surface area contributed by atoms with Crippen LogP contribution < -0.4 is 9.62 Å². The molecule has 152 valence electrons. The van der Waals surface area contributed by atoms with E-state index in [1.165, 1.54) is 14.1 Å². The van der Waals surface area contributed by atoms with E-state index in [9.17, 15) is 13.2 Å². The Labute approximate surface area is 168 Å². The molecular weight excluding hydrogens is 374 g/mol. The molecule has 0 aliphatic rings. The third kappa shape index (κ3) is 5.33. The minimum atomic E-state index is -3.81. The Morgan fingerprint density at radius 1 is 1.07 bits per heavy atom. The first-order chi connectivity index (χ1) is 13.1. The lowest BCUT2D eigenvalue weighted by atomic mass is 10.0. The first-order valence-electron chi connectivity index (χ1n) is 9.22. The van der Waals surface area contributed by atoms with E-state index in [1.807, 2.05) is 63.2 Å². The molecule has 0 aliphatic carbocycles. The predicted molar refractivity (Wildman–Crippen MR) is 114 cm³/mol. The zero-order valence-corrected chi connectivity index (χ0v) is 18.0. The van der Waals surface area contributed by atoms with E-state index in [4.69, 9.17) is 0 Å². The highest BCUT2D eigenvalue weighted by atomic mass is 32.2. The number of hydrogen-bond donors (Lipinski definition) is 1. The molecular formula is C21H29N3O3S. The maximum absolute atomic E-state index is 12.9. The fourth-order valence-electron chi connectivity index (χ4n) is 2.83. The third-order valence-electron chi connectivity index (χ3n) is 4.63. The Balaban J connectivity index is 2.18. The van der Waals surface area contributed by atoms with Gasteiger partial charge in [0.2, 0.25) is 5.91 Å². The van der Waals surface area contributed by atoms with Gasteiger partial charge in [-0.15, -0.1) is 0 Å². The number of aryl methyl sites for hydroxylation is 2. The highest BCUT2D eigenvalue weighted by molar-refractivity contribution is 7.90. The van der Waals surface area contributed by atoms with Crippen molar-refractivity contribution in [3.63, 3.8) is 0 Å². The Morgan fingerprint density at radius 3 is 2.32 bits per heavy atom. The molecule has 0 aliphatic heterocycles. The molecule has 2 aromatic carbocycles. The number of nitrogens with one attached hydrogen (secondary N) is 1. The molecule has 0 aromatic heterocycles. The van der Waals surface area contributed by atoms with E-state index < -0.39 is 10.2 Å². The van der Waals surface area contributed by atoms with E-state index >= 15 is 0 Å². The van der Waals surface area contributed by atoms with Crippen LogP contribution in [0.1, 0.15) is 29.5 Å². The van der Waals surface area contributed by atoms with Gasteiger partial charge in [-0.05, 0) is 42.5 Å². The molecule has 0 fully saturated rings. The summed E-state index contributed by atoms with van der Waals surface area (Å²) in [6.45, 7) is 5.92.